The second-order valence-corrected chi connectivity index (χ2v) is 5.17. The van der Waals surface area contributed by atoms with Gasteiger partial charge in [-0.15, -0.1) is 0 Å². The highest BCUT2D eigenvalue weighted by Crippen LogP contribution is 1.92. The molecule has 0 aromatic carbocycles. The Morgan fingerprint density at radius 3 is 2.25 bits per heavy atom. The lowest BCUT2D eigenvalue weighted by Crippen LogP contribution is -2.34. The highest BCUT2D eigenvalue weighted by atomic mass is 32.2. The van der Waals surface area contributed by atoms with Crippen LogP contribution in [-0.4, -0.2) is 51.2 Å². The Kier molecular flexibility index (Phi) is 7.27. The molecule has 0 unspecified atom stereocenters. The number of nitrogens with zero attached hydrogens (tertiary/aromatic N) is 1. The van der Waals surface area contributed by atoms with Gasteiger partial charge in [0.15, 0.2) is 0 Å². The van der Waals surface area contributed by atoms with Crippen molar-refractivity contribution in [3.63, 3.8) is 0 Å². The molecule has 0 aromatic rings. The molecular formula is C9H21N3O3S. The lowest BCUT2D eigenvalue weighted by Gasteiger charge is -2.18. The third-order valence-electron chi connectivity index (χ3n) is 2.20. The molecule has 0 saturated carbocycles. The van der Waals surface area contributed by atoms with Gasteiger partial charge in [0.2, 0.25) is 15.9 Å². The molecule has 0 spiro atoms. The van der Waals surface area contributed by atoms with E-state index in [0.29, 0.717) is 26.1 Å². The first-order valence-electron chi connectivity index (χ1n) is 5.39. The van der Waals surface area contributed by atoms with Crippen LogP contribution in [0.2, 0.25) is 0 Å². The average Bonchev–Trinajstić information content (AvgIpc) is 2.17. The molecule has 0 aliphatic carbocycles. The van der Waals surface area contributed by atoms with Gasteiger partial charge >= 0.3 is 0 Å². The summed E-state index contributed by atoms with van der Waals surface area (Å²) in [6.07, 6.45) is 0.381. The highest BCUT2D eigenvalue weighted by molar-refractivity contribution is 7.89. The molecule has 0 saturated heterocycles. The number of carbonyl (C=O) groups is 1. The van der Waals surface area contributed by atoms with Gasteiger partial charge in [0.05, 0.1) is 5.75 Å². The van der Waals surface area contributed by atoms with Crippen molar-refractivity contribution in [1.82, 2.24) is 10.2 Å². The number of amides is 1. The van der Waals surface area contributed by atoms with Crippen molar-refractivity contribution < 1.29 is 13.2 Å². The van der Waals surface area contributed by atoms with Crippen LogP contribution in [-0.2, 0) is 14.8 Å². The molecular weight excluding hydrogens is 230 g/mol. The second-order valence-electron chi connectivity index (χ2n) is 3.43. The summed E-state index contributed by atoms with van der Waals surface area (Å²) in [6, 6.07) is 0. The number of hydrogen-bond acceptors (Lipinski definition) is 4. The van der Waals surface area contributed by atoms with E-state index in [4.69, 9.17) is 5.14 Å². The van der Waals surface area contributed by atoms with Crippen LogP contribution in [0.5, 0.6) is 0 Å². The van der Waals surface area contributed by atoms with Gasteiger partial charge in [-0.05, 0) is 13.8 Å². The van der Waals surface area contributed by atoms with E-state index in [9.17, 15) is 13.2 Å². The van der Waals surface area contributed by atoms with E-state index in [1.165, 1.54) is 0 Å². The number of nitrogens with two attached hydrogens (primary N) is 1. The van der Waals surface area contributed by atoms with Crippen molar-refractivity contribution in [2.75, 3.05) is 31.9 Å². The number of carbonyl (C=O) groups excluding carboxylic acids is 1. The Bertz CT molecular complexity index is 299. The number of rotatable bonds is 8. The fourth-order valence-electron chi connectivity index (χ4n) is 1.27. The summed E-state index contributed by atoms with van der Waals surface area (Å²) in [5.74, 6) is -0.0278. The van der Waals surface area contributed by atoms with Gasteiger partial charge in [0.1, 0.15) is 0 Å². The first-order chi connectivity index (χ1) is 7.40. The highest BCUT2D eigenvalue weighted by Gasteiger charge is 2.08. The minimum Gasteiger partial charge on any atom is -0.343 e. The van der Waals surface area contributed by atoms with Crippen molar-refractivity contribution in [2.24, 2.45) is 5.14 Å². The summed E-state index contributed by atoms with van der Waals surface area (Å²) >= 11 is 0. The van der Waals surface area contributed by atoms with Crippen LogP contribution < -0.4 is 10.5 Å². The number of nitrogens with one attached hydrogen (secondary N) is 1. The summed E-state index contributed by atoms with van der Waals surface area (Å²) in [7, 11) is -3.41. The van der Waals surface area contributed by atoms with Crippen molar-refractivity contribution in [3.05, 3.63) is 0 Å². The molecule has 3 N–H and O–H groups in total. The lowest BCUT2D eigenvalue weighted by molar-refractivity contribution is -0.130. The summed E-state index contributed by atoms with van der Waals surface area (Å²) in [5.41, 5.74) is 0. The SMILES string of the molecule is CCN(CC)C(=O)CCNCCS(N)(=O)=O. The normalized spacial score (nSPS) is 11.4. The maximum absolute atomic E-state index is 11.5. The molecule has 6 nitrogen and oxygen atoms in total. The third kappa shape index (κ3) is 7.61. The number of primary sulfonamides is 1. The first kappa shape index (κ1) is 15.3. The predicted molar refractivity (Wildman–Crippen MR) is 63.4 cm³/mol. The fraction of sp³-hybridized carbons (Fsp3) is 0.889. The van der Waals surface area contributed by atoms with Crippen molar-refractivity contribution in [1.29, 1.82) is 0 Å². The molecule has 0 atom stereocenters. The van der Waals surface area contributed by atoms with E-state index >= 15 is 0 Å². The summed E-state index contributed by atoms with van der Waals surface area (Å²) < 4.78 is 21.2. The molecule has 0 aromatic heterocycles. The van der Waals surface area contributed by atoms with Crippen molar-refractivity contribution >= 4 is 15.9 Å². The number of hydrogen-bond donors (Lipinski definition) is 2. The van der Waals surface area contributed by atoms with E-state index < -0.39 is 10.0 Å². The second kappa shape index (κ2) is 7.59. The van der Waals surface area contributed by atoms with Gasteiger partial charge in [-0.1, -0.05) is 0 Å². The van der Waals surface area contributed by atoms with E-state index in [1.54, 1.807) is 4.90 Å². The van der Waals surface area contributed by atoms with E-state index in [2.05, 4.69) is 5.32 Å². The Balaban J connectivity index is 3.63. The molecule has 7 heteroatoms. The van der Waals surface area contributed by atoms with Crippen LogP contribution >= 0.6 is 0 Å². The van der Waals surface area contributed by atoms with Gasteiger partial charge in [-0.3, -0.25) is 4.79 Å². The first-order valence-corrected chi connectivity index (χ1v) is 7.11. The van der Waals surface area contributed by atoms with Crippen LogP contribution in [0.4, 0.5) is 0 Å². The monoisotopic (exact) mass is 251 g/mol. The van der Waals surface area contributed by atoms with Gasteiger partial charge in [0, 0.05) is 32.6 Å². The zero-order chi connectivity index (χ0) is 12.6. The minimum atomic E-state index is -3.41. The van der Waals surface area contributed by atoms with Crippen LogP contribution in [0.1, 0.15) is 20.3 Å². The molecule has 0 rings (SSSR count). The van der Waals surface area contributed by atoms with Crippen molar-refractivity contribution in [3.8, 4) is 0 Å². The predicted octanol–water partition coefficient (Wildman–Crippen LogP) is -0.877. The largest absolute Gasteiger partial charge is 0.343 e. The Morgan fingerprint density at radius 1 is 1.25 bits per heavy atom. The van der Waals surface area contributed by atoms with Crippen LogP contribution in [0, 0.1) is 0 Å². The molecule has 1 amide bonds. The molecule has 0 heterocycles. The maximum Gasteiger partial charge on any atom is 0.223 e. The smallest absolute Gasteiger partial charge is 0.223 e. The average molecular weight is 251 g/mol. The lowest BCUT2D eigenvalue weighted by atomic mass is 10.3. The molecule has 0 aliphatic heterocycles. The van der Waals surface area contributed by atoms with Crippen LogP contribution in [0.15, 0.2) is 0 Å². The van der Waals surface area contributed by atoms with Gasteiger partial charge in [-0.25, -0.2) is 13.6 Å². The maximum atomic E-state index is 11.5. The molecule has 96 valence electrons. The Hall–Kier alpha value is -0.660. The summed E-state index contributed by atoms with van der Waals surface area (Å²) in [6.45, 7) is 6.01. The summed E-state index contributed by atoms with van der Waals surface area (Å²) in [4.78, 5) is 13.2. The van der Waals surface area contributed by atoms with Crippen LogP contribution in [0.3, 0.4) is 0 Å². The molecule has 0 aliphatic rings. The van der Waals surface area contributed by atoms with Crippen LogP contribution in [0.25, 0.3) is 0 Å². The topological polar surface area (TPSA) is 92.5 Å². The number of sulfonamides is 1. The van der Waals surface area contributed by atoms with Gasteiger partial charge < -0.3 is 10.2 Å². The van der Waals surface area contributed by atoms with E-state index in [1.807, 2.05) is 13.8 Å². The molecule has 0 bridgehead atoms. The zero-order valence-electron chi connectivity index (χ0n) is 9.90. The van der Waals surface area contributed by atoms with Gasteiger partial charge in [0.25, 0.3) is 0 Å². The standard InChI is InChI=1S/C9H21N3O3S/c1-3-12(4-2)9(13)5-6-11-7-8-16(10,14)15/h11H,3-8H2,1-2H3,(H2,10,14,15). The molecule has 16 heavy (non-hydrogen) atoms. The Morgan fingerprint density at radius 2 is 1.81 bits per heavy atom. The summed E-state index contributed by atoms with van der Waals surface area (Å²) in [5, 5.41) is 7.70. The van der Waals surface area contributed by atoms with E-state index in [0.717, 1.165) is 0 Å². The zero-order valence-corrected chi connectivity index (χ0v) is 10.7. The minimum absolute atomic E-state index is 0.0769. The van der Waals surface area contributed by atoms with E-state index in [-0.39, 0.29) is 18.2 Å². The van der Waals surface area contributed by atoms with Crippen molar-refractivity contribution in [2.45, 2.75) is 20.3 Å². The Labute approximate surface area is 97.2 Å². The third-order valence-corrected chi connectivity index (χ3v) is 2.97. The quantitative estimate of drug-likeness (QED) is 0.548. The fourth-order valence-corrected chi connectivity index (χ4v) is 1.70. The molecule has 0 radical (unpaired) electrons. The molecule has 0 fully saturated rings. The van der Waals surface area contributed by atoms with Gasteiger partial charge in [-0.2, -0.15) is 0 Å².